The van der Waals surface area contributed by atoms with Crippen molar-refractivity contribution in [3.05, 3.63) is 63.9 Å². The second kappa shape index (κ2) is 7.18. The molecule has 0 aliphatic heterocycles. The molecule has 134 valence electrons. The molecule has 7 nitrogen and oxygen atoms in total. The topological polar surface area (TPSA) is 101 Å². The van der Waals surface area contributed by atoms with Gasteiger partial charge in [0.05, 0.1) is 19.7 Å². The molecule has 0 bridgehead atoms. The molecular weight excluding hydrogens is 336 g/mol. The molecule has 1 heterocycles. The van der Waals surface area contributed by atoms with Crippen LogP contribution in [0.15, 0.2) is 47.3 Å². The van der Waals surface area contributed by atoms with E-state index in [1.165, 1.54) is 26.4 Å². The number of aromatic amines is 1. The second-order valence-electron chi connectivity index (χ2n) is 5.60. The summed E-state index contributed by atoms with van der Waals surface area (Å²) in [5.74, 6) is -0.297. The van der Waals surface area contributed by atoms with Gasteiger partial charge in [0.25, 0.3) is 11.5 Å². The smallest absolute Gasteiger partial charge is 0.265 e. The third-order valence-corrected chi connectivity index (χ3v) is 4.01. The lowest BCUT2D eigenvalue weighted by Crippen LogP contribution is -2.29. The standard InChI is InChI=1S/C19H18N2O5/c1-25-14-8-12-13(9-15(14)26-2)21-19(24)16(17(12)22)18(23)20-10-11-6-4-3-5-7-11/h3-9H,10H2,1-2H3,(H,20,23)(H2,21,22,24). The molecule has 1 aromatic heterocycles. The SMILES string of the molecule is COc1cc2[nH]c(=O)c(C(=O)NCc3ccccc3)c(O)c2cc1OC. The molecule has 0 spiro atoms. The van der Waals surface area contributed by atoms with Crippen molar-refractivity contribution in [2.75, 3.05) is 14.2 Å². The highest BCUT2D eigenvalue weighted by atomic mass is 16.5. The van der Waals surface area contributed by atoms with Crippen molar-refractivity contribution in [3.63, 3.8) is 0 Å². The molecule has 1 amide bonds. The highest BCUT2D eigenvalue weighted by Crippen LogP contribution is 2.35. The fourth-order valence-electron chi connectivity index (χ4n) is 2.68. The summed E-state index contributed by atoms with van der Waals surface area (Å²) in [4.78, 5) is 27.3. The first-order valence-electron chi connectivity index (χ1n) is 7.88. The number of carbonyl (C=O) groups is 1. The van der Waals surface area contributed by atoms with Gasteiger partial charge in [-0.15, -0.1) is 0 Å². The monoisotopic (exact) mass is 354 g/mol. The highest BCUT2D eigenvalue weighted by molar-refractivity contribution is 6.02. The molecule has 0 radical (unpaired) electrons. The summed E-state index contributed by atoms with van der Waals surface area (Å²) >= 11 is 0. The molecule has 0 fully saturated rings. The lowest BCUT2D eigenvalue weighted by Gasteiger charge is -2.12. The number of amides is 1. The zero-order chi connectivity index (χ0) is 18.7. The molecule has 0 saturated carbocycles. The molecule has 3 rings (SSSR count). The van der Waals surface area contributed by atoms with Crippen LogP contribution in [0, 0.1) is 0 Å². The van der Waals surface area contributed by atoms with Crippen LogP contribution >= 0.6 is 0 Å². The maximum absolute atomic E-state index is 12.4. The normalized spacial score (nSPS) is 10.5. The number of ether oxygens (including phenoxy) is 2. The van der Waals surface area contributed by atoms with E-state index in [1.54, 1.807) is 0 Å². The summed E-state index contributed by atoms with van der Waals surface area (Å²) in [5, 5.41) is 13.4. The molecular formula is C19H18N2O5. The number of benzene rings is 2. The van der Waals surface area contributed by atoms with Crippen molar-refractivity contribution >= 4 is 16.8 Å². The quantitative estimate of drug-likeness (QED) is 0.652. The summed E-state index contributed by atoms with van der Waals surface area (Å²) in [6, 6.07) is 12.3. The van der Waals surface area contributed by atoms with Gasteiger partial charge in [-0.1, -0.05) is 30.3 Å². The highest BCUT2D eigenvalue weighted by Gasteiger charge is 2.20. The number of methoxy groups -OCH3 is 2. The molecule has 0 aliphatic rings. The van der Waals surface area contributed by atoms with Gasteiger partial charge >= 0.3 is 0 Å². The van der Waals surface area contributed by atoms with Gasteiger partial charge in [0, 0.05) is 18.0 Å². The van der Waals surface area contributed by atoms with Crippen molar-refractivity contribution in [3.8, 4) is 17.2 Å². The van der Waals surface area contributed by atoms with E-state index in [2.05, 4.69) is 10.3 Å². The Morgan fingerprint density at radius 1 is 1.12 bits per heavy atom. The molecule has 7 heteroatoms. The molecule has 0 unspecified atom stereocenters. The lowest BCUT2D eigenvalue weighted by molar-refractivity contribution is 0.0947. The van der Waals surface area contributed by atoms with E-state index in [9.17, 15) is 14.7 Å². The van der Waals surface area contributed by atoms with Crippen molar-refractivity contribution in [2.45, 2.75) is 6.54 Å². The van der Waals surface area contributed by atoms with E-state index in [-0.39, 0.29) is 17.5 Å². The van der Waals surface area contributed by atoms with Crippen LogP contribution in [0.2, 0.25) is 0 Å². The molecule has 3 aromatic rings. The van der Waals surface area contributed by atoms with Crippen molar-refractivity contribution in [2.24, 2.45) is 0 Å². The van der Waals surface area contributed by atoms with Crippen molar-refractivity contribution in [1.82, 2.24) is 10.3 Å². The summed E-state index contributed by atoms with van der Waals surface area (Å²) in [6.45, 7) is 0.239. The number of H-pyrrole nitrogens is 1. The zero-order valence-corrected chi connectivity index (χ0v) is 14.3. The summed E-state index contributed by atoms with van der Waals surface area (Å²) in [5.41, 5.74) is 0.183. The first kappa shape index (κ1) is 17.3. The van der Waals surface area contributed by atoms with Gasteiger partial charge in [0.2, 0.25) is 0 Å². The predicted molar refractivity (Wildman–Crippen MR) is 96.9 cm³/mol. The molecule has 0 aliphatic carbocycles. The van der Waals surface area contributed by atoms with Gasteiger partial charge in [-0.25, -0.2) is 0 Å². The molecule has 0 atom stereocenters. The Hall–Kier alpha value is -3.48. The van der Waals surface area contributed by atoms with E-state index in [4.69, 9.17) is 9.47 Å². The second-order valence-corrected chi connectivity index (χ2v) is 5.60. The van der Waals surface area contributed by atoms with Crippen LogP contribution in [-0.4, -0.2) is 30.2 Å². The van der Waals surface area contributed by atoms with E-state index >= 15 is 0 Å². The van der Waals surface area contributed by atoms with E-state index in [0.717, 1.165) is 5.56 Å². The Kier molecular flexibility index (Phi) is 4.79. The maximum atomic E-state index is 12.4. The molecule has 0 saturated heterocycles. The molecule has 2 aromatic carbocycles. The van der Waals surface area contributed by atoms with Crippen LogP contribution in [0.25, 0.3) is 10.9 Å². The van der Waals surface area contributed by atoms with Gasteiger partial charge in [-0.05, 0) is 11.6 Å². The summed E-state index contributed by atoms with van der Waals surface area (Å²) < 4.78 is 10.4. The van der Waals surface area contributed by atoms with E-state index in [1.807, 2.05) is 30.3 Å². The number of hydrogen-bond donors (Lipinski definition) is 3. The van der Waals surface area contributed by atoms with E-state index in [0.29, 0.717) is 17.0 Å². The number of carbonyl (C=O) groups excluding carboxylic acids is 1. The molecule has 3 N–H and O–H groups in total. The minimum absolute atomic E-state index is 0.239. The Labute approximate surface area is 149 Å². The number of hydrogen-bond acceptors (Lipinski definition) is 5. The van der Waals surface area contributed by atoms with Crippen molar-refractivity contribution in [1.29, 1.82) is 0 Å². The first-order valence-corrected chi connectivity index (χ1v) is 7.88. The Bertz CT molecular complexity index is 1010. The largest absolute Gasteiger partial charge is 0.506 e. The van der Waals surface area contributed by atoms with Crippen LogP contribution in [0.3, 0.4) is 0 Å². The Morgan fingerprint density at radius 2 is 1.77 bits per heavy atom. The van der Waals surface area contributed by atoms with Gasteiger partial charge in [-0.2, -0.15) is 0 Å². The average Bonchev–Trinajstić information content (AvgIpc) is 2.66. The van der Waals surface area contributed by atoms with Crippen molar-refractivity contribution < 1.29 is 19.4 Å². The van der Waals surface area contributed by atoms with Gasteiger partial charge in [-0.3, -0.25) is 9.59 Å². The van der Waals surface area contributed by atoms with Crippen LogP contribution in [0.1, 0.15) is 15.9 Å². The average molecular weight is 354 g/mol. The van der Waals surface area contributed by atoms with Gasteiger partial charge in [0.1, 0.15) is 11.3 Å². The lowest BCUT2D eigenvalue weighted by atomic mass is 10.1. The Balaban J connectivity index is 2.00. The third-order valence-electron chi connectivity index (χ3n) is 4.01. The molecule has 26 heavy (non-hydrogen) atoms. The van der Waals surface area contributed by atoms with Crippen LogP contribution in [0.5, 0.6) is 17.2 Å². The summed E-state index contributed by atoms with van der Waals surface area (Å²) in [6.07, 6.45) is 0. The van der Waals surface area contributed by atoms with Gasteiger partial charge < -0.3 is 24.9 Å². The number of pyridine rings is 1. The minimum atomic E-state index is -0.687. The number of aromatic hydroxyl groups is 1. The first-order chi connectivity index (χ1) is 12.5. The predicted octanol–water partition coefficient (Wildman–Crippen LogP) is 2.18. The number of nitrogens with one attached hydrogen (secondary N) is 2. The fourth-order valence-corrected chi connectivity index (χ4v) is 2.68. The minimum Gasteiger partial charge on any atom is -0.506 e. The summed E-state index contributed by atoms with van der Waals surface area (Å²) in [7, 11) is 2.92. The van der Waals surface area contributed by atoms with Gasteiger partial charge in [0.15, 0.2) is 11.5 Å². The number of fused-ring (bicyclic) bond motifs is 1. The Morgan fingerprint density at radius 3 is 2.42 bits per heavy atom. The van der Waals surface area contributed by atoms with Crippen LogP contribution in [-0.2, 0) is 6.54 Å². The maximum Gasteiger partial charge on any atom is 0.265 e. The number of aromatic nitrogens is 1. The van der Waals surface area contributed by atoms with Crippen LogP contribution in [0.4, 0.5) is 0 Å². The third kappa shape index (κ3) is 3.19. The zero-order valence-electron chi connectivity index (χ0n) is 14.3. The van der Waals surface area contributed by atoms with Crippen LogP contribution < -0.4 is 20.3 Å². The number of rotatable bonds is 5. The van der Waals surface area contributed by atoms with E-state index < -0.39 is 17.2 Å². The fraction of sp³-hybridized carbons (Fsp3) is 0.158.